The minimum atomic E-state index is -0.438. The van der Waals surface area contributed by atoms with Gasteiger partial charge in [-0.25, -0.2) is 0 Å². The number of anilines is 3. The Balaban J connectivity index is 1.23. The third-order valence-electron chi connectivity index (χ3n) is 11.8. The highest BCUT2D eigenvalue weighted by Crippen LogP contribution is 2.58. The lowest BCUT2D eigenvalue weighted by Gasteiger charge is -2.34. The SMILES string of the molecule is CC1(C)c2ccccc2-c2c(N(c3ccc(-c4ccccc4)cc3)c3ccc4c(c3)-c3ccccc3C4(c3ccccc3)c3ccccc3)cccc21. The van der Waals surface area contributed by atoms with Gasteiger partial charge < -0.3 is 4.90 Å². The fraction of sp³-hybridized carbons (Fsp3) is 0.0769. The van der Waals surface area contributed by atoms with Crippen molar-refractivity contribution in [1.82, 2.24) is 0 Å². The van der Waals surface area contributed by atoms with Crippen LogP contribution in [0, 0.1) is 0 Å². The zero-order valence-corrected chi connectivity index (χ0v) is 30.0. The van der Waals surface area contributed by atoms with Crippen LogP contribution in [0.15, 0.2) is 200 Å². The molecule has 2 aliphatic carbocycles. The van der Waals surface area contributed by atoms with E-state index in [1.165, 1.54) is 72.4 Å². The quantitative estimate of drug-likeness (QED) is 0.169. The average molecular weight is 678 g/mol. The van der Waals surface area contributed by atoms with Gasteiger partial charge in [0.25, 0.3) is 0 Å². The molecule has 0 aliphatic heterocycles. The van der Waals surface area contributed by atoms with Crippen molar-refractivity contribution in [3.8, 4) is 33.4 Å². The van der Waals surface area contributed by atoms with Gasteiger partial charge in [0, 0.05) is 22.4 Å². The Hall–Kier alpha value is -6.44. The molecule has 0 atom stereocenters. The third-order valence-corrected chi connectivity index (χ3v) is 11.8. The van der Waals surface area contributed by atoms with Gasteiger partial charge in [-0.2, -0.15) is 0 Å². The van der Waals surface area contributed by atoms with Gasteiger partial charge in [-0.05, 0) is 91.5 Å². The maximum atomic E-state index is 2.49. The van der Waals surface area contributed by atoms with Gasteiger partial charge in [-0.3, -0.25) is 0 Å². The van der Waals surface area contributed by atoms with Crippen molar-refractivity contribution in [3.63, 3.8) is 0 Å². The van der Waals surface area contributed by atoms with E-state index in [4.69, 9.17) is 0 Å². The van der Waals surface area contributed by atoms with Crippen LogP contribution < -0.4 is 4.90 Å². The summed E-state index contributed by atoms with van der Waals surface area (Å²) in [5.41, 5.74) is 18.4. The number of nitrogens with zero attached hydrogens (tertiary/aromatic N) is 1. The molecule has 10 rings (SSSR count). The molecule has 0 saturated carbocycles. The third kappa shape index (κ3) is 4.64. The lowest BCUT2D eigenvalue weighted by atomic mass is 9.68. The summed E-state index contributed by atoms with van der Waals surface area (Å²) in [6, 6.07) is 73.9. The Kier molecular flexibility index (Phi) is 7.13. The van der Waals surface area contributed by atoms with Crippen LogP contribution in [0.3, 0.4) is 0 Å². The van der Waals surface area contributed by atoms with Gasteiger partial charge in [0.1, 0.15) is 0 Å². The minimum Gasteiger partial charge on any atom is -0.310 e. The van der Waals surface area contributed by atoms with Crippen LogP contribution in [-0.2, 0) is 10.8 Å². The lowest BCUT2D eigenvalue weighted by molar-refractivity contribution is 0.660. The number of fused-ring (bicyclic) bond motifs is 6. The van der Waals surface area contributed by atoms with Crippen molar-refractivity contribution in [2.45, 2.75) is 24.7 Å². The summed E-state index contributed by atoms with van der Waals surface area (Å²) in [5, 5.41) is 0. The molecule has 53 heavy (non-hydrogen) atoms. The van der Waals surface area contributed by atoms with Gasteiger partial charge >= 0.3 is 0 Å². The maximum absolute atomic E-state index is 2.49. The Morgan fingerprint density at radius 2 is 0.868 bits per heavy atom. The topological polar surface area (TPSA) is 3.24 Å². The zero-order chi connectivity index (χ0) is 35.6. The molecule has 0 fully saturated rings. The molecular weight excluding hydrogens is 639 g/mol. The Morgan fingerprint density at radius 1 is 0.358 bits per heavy atom. The fourth-order valence-corrected chi connectivity index (χ4v) is 9.36. The lowest BCUT2D eigenvalue weighted by Crippen LogP contribution is -2.28. The van der Waals surface area contributed by atoms with E-state index in [9.17, 15) is 0 Å². The van der Waals surface area contributed by atoms with Crippen molar-refractivity contribution < 1.29 is 0 Å². The van der Waals surface area contributed by atoms with Crippen LogP contribution in [0.2, 0.25) is 0 Å². The first-order valence-corrected chi connectivity index (χ1v) is 18.6. The fourth-order valence-electron chi connectivity index (χ4n) is 9.36. The van der Waals surface area contributed by atoms with Crippen molar-refractivity contribution in [2.75, 3.05) is 4.90 Å². The molecule has 252 valence electrons. The molecule has 1 nitrogen and oxygen atoms in total. The minimum absolute atomic E-state index is 0.105. The summed E-state index contributed by atoms with van der Waals surface area (Å²) < 4.78 is 0. The Labute approximate surface area is 312 Å². The van der Waals surface area contributed by atoms with E-state index >= 15 is 0 Å². The first kappa shape index (κ1) is 31.3. The van der Waals surface area contributed by atoms with E-state index in [0.717, 1.165) is 11.4 Å². The largest absolute Gasteiger partial charge is 0.310 e. The summed E-state index contributed by atoms with van der Waals surface area (Å²) in [5.74, 6) is 0. The zero-order valence-electron chi connectivity index (χ0n) is 30.0. The molecule has 0 N–H and O–H groups in total. The van der Waals surface area contributed by atoms with Crippen molar-refractivity contribution in [1.29, 1.82) is 0 Å². The number of hydrogen-bond acceptors (Lipinski definition) is 1. The molecule has 0 radical (unpaired) electrons. The predicted octanol–water partition coefficient (Wildman–Crippen LogP) is 13.5. The second kappa shape index (κ2) is 12.1. The average Bonchev–Trinajstić information content (AvgIpc) is 3.65. The smallest absolute Gasteiger partial charge is 0.0713 e. The van der Waals surface area contributed by atoms with Crippen molar-refractivity contribution >= 4 is 17.1 Å². The summed E-state index contributed by atoms with van der Waals surface area (Å²) in [4.78, 5) is 2.49. The summed E-state index contributed by atoms with van der Waals surface area (Å²) in [6.45, 7) is 4.72. The van der Waals surface area contributed by atoms with Gasteiger partial charge in [-0.15, -0.1) is 0 Å². The first-order chi connectivity index (χ1) is 26.1. The van der Waals surface area contributed by atoms with E-state index < -0.39 is 5.41 Å². The second-order valence-corrected chi connectivity index (χ2v) is 14.9. The monoisotopic (exact) mass is 677 g/mol. The maximum Gasteiger partial charge on any atom is 0.0713 e. The van der Waals surface area contributed by atoms with E-state index in [-0.39, 0.29) is 5.41 Å². The normalized spacial score (nSPS) is 14.2. The van der Waals surface area contributed by atoms with E-state index in [1.807, 2.05) is 0 Å². The number of hydrogen-bond donors (Lipinski definition) is 0. The van der Waals surface area contributed by atoms with Crippen LogP contribution in [0.1, 0.15) is 47.2 Å². The van der Waals surface area contributed by atoms with Gasteiger partial charge in [0.15, 0.2) is 0 Å². The summed E-state index contributed by atoms with van der Waals surface area (Å²) >= 11 is 0. The van der Waals surface area contributed by atoms with E-state index in [1.54, 1.807) is 0 Å². The molecule has 0 unspecified atom stereocenters. The molecule has 8 aromatic rings. The van der Waals surface area contributed by atoms with Crippen molar-refractivity contribution in [3.05, 3.63) is 234 Å². The molecule has 0 bridgehead atoms. The van der Waals surface area contributed by atoms with Crippen LogP contribution in [0.4, 0.5) is 17.1 Å². The summed E-state index contributed by atoms with van der Waals surface area (Å²) in [6.07, 6.45) is 0. The van der Waals surface area contributed by atoms with E-state index in [2.05, 4.69) is 219 Å². The molecule has 8 aromatic carbocycles. The highest BCUT2D eigenvalue weighted by Gasteiger charge is 2.46. The number of rotatable bonds is 6. The second-order valence-electron chi connectivity index (χ2n) is 14.9. The van der Waals surface area contributed by atoms with Crippen LogP contribution in [0.5, 0.6) is 0 Å². The van der Waals surface area contributed by atoms with Crippen LogP contribution >= 0.6 is 0 Å². The first-order valence-electron chi connectivity index (χ1n) is 18.6. The Morgan fingerprint density at radius 3 is 1.55 bits per heavy atom. The highest BCUT2D eigenvalue weighted by atomic mass is 15.1. The summed E-state index contributed by atoms with van der Waals surface area (Å²) in [7, 11) is 0. The molecule has 0 saturated heterocycles. The molecular formula is C52H39N. The molecule has 0 heterocycles. The molecule has 0 amide bonds. The number of benzene rings is 8. The standard InChI is InChI=1S/C52H39N/c1-51(2)45-25-14-13-24-43(45)50-48(51)27-16-28-49(50)53(40-31-29-37(30-32-40)36-17-6-3-7-18-36)41-33-34-47-44(35-41)42-23-12-15-26-46(42)52(47,38-19-8-4-9-20-38)39-21-10-5-11-22-39/h3-35H,1-2H3. The van der Waals surface area contributed by atoms with Gasteiger partial charge in [0.05, 0.1) is 11.1 Å². The molecule has 2 aliphatic rings. The van der Waals surface area contributed by atoms with E-state index in [0.29, 0.717) is 0 Å². The van der Waals surface area contributed by atoms with Gasteiger partial charge in [0.2, 0.25) is 0 Å². The molecule has 0 spiro atoms. The van der Waals surface area contributed by atoms with Gasteiger partial charge in [-0.1, -0.05) is 184 Å². The van der Waals surface area contributed by atoms with Crippen LogP contribution in [0.25, 0.3) is 33.4 Å². The molecule has 0 aromatic heterocycles. The molecule has 1 heteroatoms. The highest BCUT2D eigenvalue weighted by molar-refractivity contribution is 5.97. The van der Waals surface area contributed by atoms with Crippen LogP contribution in [-0.4, -0.2) is 0 Å². The van der Waals surface area contributed by atoms with Crippen molar-refractivity contribution in [2.24, 2.45) is 0 Å². The predicted molar refractivity (Wildman–Crippen MR) is 221 cm³/mol. The Bertz CT molecular complexity index is 2580.